The topological polar surface area (TPSA) is 73.9 Å². The van der Waals surface area contributed by atoms with Gasteiger partial charge in [-0.05, 0) is 63.1 Å². The smallest absolute Gasteiger partial charge is 0.250 e. The number of hydrogen-bond acceptors (Lipinski definition) is 7. The maximum atomic E-state index is 6.13. The van der Waals surface area contributed by atoms with Crippen LogP contribution in [0.15, 0.2) is 54.7 Å². The fraction of sp³-hybridized carbons (Fsp3) is 0.375. The molecule has 1 aliphatic carbocycles. The van der Waals surface area contributed by atoms with Crippen LogP contribution in [0, 0.1) is 0 Å². The van der Waals surface area contributed by atoms with Crippen molar-refractivity contribution in [3.63, 3.8) is 0 Å². The third kappa shape index (κ3) is 4.14. The summed E-state index contributed by atoms with van der Waals surface area (Å²) in [5, 5.41) is 8.61. The molecule has 3 aromatic rings. The molecule has 2 aromatic carbocycles. The van der Waals surface area contributed by atoms with Gasteiger partial charge in [0.15, 0.2) is 0 Å². The molecule has 0 bridgehead atoms. The predicted octanol–water partition coefficient (Wildman–Crippen LogP) is 6.33. The Morgan fingerprint density at radius 2 is 1.66 bits per heavy atom. The third-order valence-corrected chi connectivity index (χ3v) is 6.38. The Morgan fingerprint density at radius 1 is 0.938 bits per heavy atom. The summed E-state index contributed by atoms with van der Waals surface area (Å²) in [6.45, 7) is 3.75. The molecular weight excluding hydrogens is 430 g/mol. The Hall–Kier alpha value is -2.42. The van der Waals surface area contributed by atoms with Crippen molar-refractivity contribution in [2.24, 2.45) is 0 Å². The second kappa shape index (κ2) is 8.50. The highest BCUT2D eigenvalue weighted by Crippen LogP contribution is 2.41. The van der Waals surface area contributed by atoms with Crippen LogP contribution in [0.2, 0.25) is 5.02 Å². The van der Waals surface area contributed by atoms with Crippen molar-refractivity contribution in [1.29, 1.82) is 0 Å². The highest BCUT2D eigenvalue weighted by molar-refractivity contribution is 6.31. The monoisotopic (exact) mass is 455 g/mol. The number of rotatable bonds is 5. The first-order valence-electron chi connectivity index (χ1n) is 10.9. The van der Waals surface area contributed by atoms with Gasteiger partial charge in [0.1, 0.15) is 0 Å². The predicted molar refractivity (Wildman–Crippen MR) is 124 cm³/mol. The summed E-state index contributed by atoms with van der Waals surface area (Å²) in [5.41, 5.74) is 3.54. The molecule has 2 heterocycles. The first-order valence-corrected chi connectivity index (χ1v) is 11.2. The Balaban J connectivity index is 1.34. The summed E-state index contributed by atoms with van der Waals surface area (Å²) in [6.07, 6.45) is 5.36. The standard InChI is InChI=1S/C24H26ClN3O4/c1-16(23(2)29-31-24(32-30-23)12-5-6-13-24)27-20-7-3-4-8-21(20)28-19-11-14-26-22-15-17(25)9-10-18(19)22/h3-4,7-11,14-16,27H,5-6,12-13H2,1-2H3,(H,26,28). The summed E-state index contributed by atoms with van der Waals surface area (Å²) < 4.78 is 0. The van der Waals surface area contributed by atoms with Crippen molar-refractivity contribution in [2.75, 3.05) is 10.6 Å². The molecule has 2 N–H and O–H groups in total. The zero-order chi connectivity index (χ0) is 22.2. The molecule has 0 amide bonds. The normalized spacial score (nSPS) is 20.3. The van der Waals surface area contributed by atoms with Crippen molar-refractivity contribution >= 4 is 39.6 Å². The Labute approximate surface area is 191 Å². The number of para-hydroxylation sites is 2. The fourth-order valence-electron chi connectivity index (χ4n) is 4.03. The van der Waals surface area contributed by atoms with Crippen molar-refractivity contribution < 1.29 is 19.6 Å². The summed E-state index contributed by atoms with van der Waals surface area (Å²) >= 11 is 6.13. The lowest BCUT2D eigenvalue weighted by Gasteiger charge is -2.42. The van der Waals surface area contributed by atoms with E-state index < -0.39 is 11.6 Å². The molecule has 32 heavy (non-hydrogen) atoms. The van der Waals surface area contributed by atoms with Gasteiger partial charge in [-0.2, -0.15) is 19.6 Å². The van der Waals surface area contributed by atoms with Crippen LogP contribution in [0.4, 0.5) is 17.1 Å². The Bertz CT molecular complexity index is 1110. The Kier molecular flexibility index (Phi) is 5.69. The quantitative estimate of drug-likeness (QED) is 0.435. The van der Waals surface area contributed by atoms with Crippen LogP contribution < -0.4 is 10.6 Å². The maximum absolute atomic E-state index is 6.13. The second-order valence-corrected chi connectivity index (χ2v) is 8.96. The van der Waals surface area contributed by atoms with Gasteiger partial charge in [-0.15, -0.1) is 0 Å². The number of benzene rings is 2. The van der Waals surface area contributed by atoms with Gasteiger partial charge in [-0.3, -0.25) is 4.98 Å². The summed E-state index contributed by atoms with van der Waals surface area (Å²) in [7, 11) is 0. The molecule has 8 heteroatoms. The lowest BCUT2D eigenvalue weighted by Crippen LogP contribution is -2.55. The lowest BCUT2D eigenvalue weighted by molar-refractivity contribution is -0.653. The lowest BCUT2D eigenvalue weighted by atomic mass is 10.1. The molecular formula is C24H26ClN3O4. The Morgan fingerprint density at radius 3 is 2.41 bits per heavy atom. The number of aromatic nitrogens is 1. The zero-order valence-corrected chi connectivity index (χ0v) is 18.8. The molecule has 2 aliphatic rings. The van der Waals surface area contributed by atoms with Crippen LogP contribution >= 0.6 is 11.6 Å². The number of hydrogen-bond donors (Lipinski definition) is 2. The highest BCUT2D eigenvalue weighted by atomic mass is 35.5. The van der Waals surface area contributed by atoms with Crippen LogP contribution in [0.5, 0.6) is 0 Å². The van der Waals surface area contributed by atoms with E-state index in [1.54, 1.807) is 13.1 Å². The molecule has 0 radical (unpaired) electrons. The van der Waals surface area contributed by atoms with E-state index in [0.717, 1.165) is 53.6 Å². The van der Waals surface area contributed by atoms with Gasteiger partial charge in [0.05, 0.1) is 22.9 Å². The second-order valence-electron chi connectivity index (χ2n) is 8.52. The van der Waals surface area contributed by atoms with Crippen LogP contribution in [0.25, 0.3) is 10.9 Å². The van der Waals surface area contributed by atoms with E-state index in [4.69, 9.17) is 31.2 Å². The number of nitrogens with zero attached hydrogens (tertiary/aromatic N) is 1. The fourth-order valence-corrected chi connectivity index (χ4v) is 4.19. The van der Waals surface area contributed by atoms with Crippen molar-refractivity contribution in [2.45, 2.75) is 57.1 Å². The average Bonchev–Trinajstić information content (AvgIpc) is 3.26. The van der Waals surface area contributed by atoms with Gasteiger partial charge in [0.2, 0.25) is 5.79 Å². The third-order valence-electron chi connectivity index (χ3n) is 6.14. The highest BCUT2D eigenvalue weighted by Gasteiger charge is 2.50. The molecule has 7 nitrogen and oxygen atoms in total. The van der Waals surface area contributed by atoms with E-state index in [-0.39, 0.29) is 6.04 Å². The van der Waals surface area contributed by atoms with E-state index in [0.29, 0.717) is 5.02 Å². The molecule has 2 fully saturated rings. The van der Waals surface area contributed by atoms with Gasteiger partial charge in [-0.1, -0.05) is 23.7 Å². The molecule has 1 aromatic heterocycles. The van der Waals surface area contributed by atoms with Crippen LogP contribution in [0.3, 0.4) is 0 Å². The van der Waals surface area contributed by atoms with Crippen molar-refractivity contribution in [3.8, 4) is 0 Å². The van der Waals surface area contributed by atoms with Crippen molar-refractivity contribution in [3.05, 3.63) is 59.8 Å². The van der Waals surface area contributed by atoms with Gasteiger partial charge < -0.3 is 10.6 Å². The molecule has 1 atom stereocenters. The maximum Gasteiger partial charge on any atom is 0.250 e. The number of pyridine rings is 1. The molecule has 168 valence electrons. The summed E-state index contributed by atoms with van der Waals surface area (Å²) in [5.74, 6) is -1.88. The molecule has 1 saturated carbocycles. The van der Waals surface area contributed by atoms with Crippen LogP contribution in [-0.2, 0) is 19.6 Å². The summed E-state index contributed by atoms with van der Waals surface area (Å²) in [6, 6.07) is 15.3. The first-order chi connectivity index (χ1) is 15.5. The average molecular weight is 456 g/mol. The number of nitrogens with one attached hydrogen (secondary N) is 2. The number of halogens is 1. The van der Waals surface area contributed by atoms with Crippen LogP contribution in [-0.4, -0.2) is 22.6 Å². The minimum absolute atomic E-state index is 0.280. The van der Waals surface area contributed by atoms with E-state index in [1.807, 2.05) is 55.5 Å². The number of fused-ring (bicyclic) bond motifs is 1. The van der Waals surface area contributed by atoms with Crippen LogP contribution in [0.1, 0.15) is 39.5 Å². The minimum atomic E-state index is -1.11. The van der Waals surface area contributed by atoms with E-state index in [1.165, 1.54) is 0 Å². The van der Waals surface area contributed by atoms with E-state index >= 15 is 0 Å². The minimum Gasteiger partial charge on any atom is -0.375 e. The molecule has 1 spiro atoms. The van der Waals surface area contributed by atoms with Gasteiger partial charge in [0.25, 0.3) is 5.79 Å². The van der Waals surface area contributed by atoms with Gasteiger partial charge >= 0.3 is 0 Å². The zero-order valence-electron chi connectivity index (χ0n) is 18.1. The molecule has 5 rings (SSSR count). The molecule has 1 unspecified atom stereocenters. The largest absolute Gasteiger partial charge is 0.375 e. The van der Waals surface area contributed by atoms with E-state index in [9.17, 15) is 0 Å². The van der Waals surface area contributed by atoms with Crippen molar-refractivity contribution in [1.82, 2.24) is 4.98 Å². The van der Waals surface area contributed by atoms with Gasteiger partial charge in [-0.25, -0.2) is 0 Å². The molecule has 1 aliphatic heterocycles. The van der Waals surface area contributed by atoms with E-state index in [2.05, 4.69) is 15.6 Å². The SMILES string of the molecule is CC(Nc1ccccc1Nc1ccnc2cc(Cl)ccc12)C1(C)OOC2(CCCC2)OO1. The van der Waals surface area contributed by atoms with Gasteiger partial charge in [0, 0.05) is 35.1 Å². The molecule has 1 saturated heterocycles. The summed E-state index contributed by atoms with van der Waals surface area (Å²) in [4.78, 5) is 27.2. The first kappa shape index (κ1) is 21.4. The number of anilines is 3.